The minimum absolute atomic E-state index is 0.0359. The third kappa shape index (κ3) is 4.44. The molecule has 3 atom stereocenters. The molecule has 1 aliphatic carbocycles. The number of hydrogen-bond acceptors (Lipinski definition) is 4. The lowest BCUT2D eigenvalue weighted by Crippen LogP contribution is -2.32. The van der Waals surface area contributed by atoms with Gasteiger partial charge in [-0.05, 0) is 48.1 Å². The van der Waals surface area contributed by atoms with Crippen LogP contribution in [-0.4, -0.2) is 26.1 Å². The molecule has 1 N–H and O–H groups in total. The van der Waals surface area contributed by atoms with E-state index >= 15 is 0 Å². The number of thioether (sulfide) groups is 1. The minimum Gasteiger partial charge on any atom is -0.481 e. The Morgan fingerprint density at radius 1 is 0.939 bits per heavy atom. The second kappa shape index (κ2) is 9.24. The van der Waals surface area contributed by atoms with Crippen LogP contribution in [0, 0.1) is 11.8 Å². The van der Waals surface area contributed by atoms with Crippen molar-refractivity contribution in [2.75, 3.05) is 0 Å². The first-order valence-corrected chi connectivity index (χ1v) is 12.0. The molecule has 4 aromatic rings. The Kier molecular flexibility index (Phi) is 6.01. The quantitative estimate of drug-likeness (QED) is 0.424. The fourth-order valence-corrected chi connectivity index (χ4v) is 6.13. The van der Waals surface area contributed by atoms with E-state index in [0.717, 1.165) is 34.3 Å². The molecule has 0 bridgehead atoms. The van der Waals surface area contributed by atoms with E-state index in [4.69, 9.17) is 0 Å². The summed E-state index contributed by atoms with van der Waals surface area (Å²) in [6.07, 6.45) is 3.24. The minimum atomic E-state index is -0.801. The van der Waals surface area contributed by atoms with Crippen molar-refractivity contribution in [1.82, 2.24) is 9.78 Å². The standard InChI is InChI=1S/C27H24N2O3S/c30-26-23-9-5-4-8-20(23)16-28-29(26)17-21-12-15-24(25(21)27(31)32)33-22-13-10-19(11-14-22)18-6-2-1-3-7-18/h1-11,13-14,16,21,24-25H,12,15,17H2,(H,31,32). The molecule has 1 aromatic heterocycles. The van der Waals surface area contributed by atoms with E-state index in [1.807, 2.05) is 36.4 Å². The van der Waals surface area contributed by atoms with Crippen molar-refractivity contribution in [2.45, 2.75) is 29.5 Å². The second-order valence-corrected chi connectivity index (χ2v) is 9.78. The van der Waals surface area contributed by atoms with Crippen LogP contribution in [0.25, 0.3) is 21.9 Å². The predicted molar refractivity (Wildman–Crippen MR) is 131 cm³/mol. The van der Waals surface area contributed by atoms with Gasteiger partial charge in [-0.15, -0.1) is 11.8 Å². The lowest BCUT2D eigenvalue weighted by molar-refractivity contribution is -0.142. The average molecular weight is 457 g/mol. The summed E-state index contributed by atoms with van der Waals surface area (Å²) < 4.78 is 1.44. The van der Waals surface area contributed by atoms with Crippen LogP contribution in [0.15, 0.2) is 94.7 Å². The van der Waals surface area contributed by atoms with E-state index in [9.17, 15) is 14.7 Å². The van der Waals surface area contributed by atoms with Gasteiger partial charge in [0.15, 0.2) is 0 Å². The Morgan fingerprint density at radius 3 is 2.39 bits per heavy atom. The molecule has 0 aliphatic heterocycles. The van der Waals surface area contributed by atoms with Crippen molar-refractivity contribution < 1.29 is 9.90 Å². The van der Waals surface area contributed by atoms with Crippen LogP contribution in [0.2, 0.25) is 0 Å². The third-order valence-electron chi connectivity index (χ3n) is 6.43. The number of hydrogen-bond donors (Lipinski definition) is 1. The molecule has 1 aliphatic rings. The highest BCUT2D eigenvalue weighted by atomic mass is 32.2. The topological polar surface area (TPSA) is 72.2 Å². The van der Waals surface area contributed by atoms with Crippen LogP contribution in [0.1, 0.15) is 12.8 Å². The maximum Gasteiger partial charge on any atom is 0.307 e. The Morgan fingerprint density at radius 2 is 1.64 bits per heavy atom. The van der Waals surface area contributed by atoms with E-state index in [-0.39, 0.29) is 16.7 Å². The number of carboxylic acids is 1. The molecule has 1 fully saturated rings. The number of fused-ring (bicyclic) bond motifs is 1. The summed E-state index contributed by atoms with van der Waals surface area (Å²) in [5, 5.41) is 15.7. The number of nitrogens with zero attached hydrogens (tertiary/aromatic N) is 2. The highest BCUT2D eigenvalue weighted by Gasteiger charge is 2.42. The van der Waals surface area contributed by atoms with Gasteiger partial charge in [0.05, 0.1) is 17.5 Å². The second-order valence-electron chi connectivity index (χ2n) is 8.47. The Hall–Kier alpha value is -3.38. The molecule has 166 valence electrons. The summed E-state index contributed by atoms with van der Waals surface area (Å²) in [5.74, 6) is -1.45. The van der Waals surface area contributed by atoms with Crippen LogP contribution in [-0.2, 0) is 11.3 Å². The van der Waals surface area contributed by atoms with Crippen molar-refractivity contribution in [2.24, 2.45) is 11.8 Å². The highest BCUT2D eigenvalue weighted by molar-refractivity contribution is 8.00. The van der Waals surface area contributed by atoms with Crippen molar-refractivity contribution in [3.8, 4) is 11.1 Å². The fraction of sp³-hybridized carbons (Fsp3) is 0.222. The van der Waals surface area contributed by atoms with Crippen LogP contribution < -0.4 is 5.56 Å². The summed E-state index contributed by atoms with van der Waals surface area (Å²) >= 11 is 1.62. The maximum absolute atomic E-state index is 12.9. The van der Waals surface area contributed by atoms with Crippen LogP contribution in [0.4, 0.5) is 0 Å². The van der Waals surface area contributed by atoms with Gasteiger partial charge in [-0.1, -0.05) is 60.7 Å². The van der Waals surface area contributed by atoms with Gasteiger partial charge in [0.1, 0.15) is 0 Å². The number of aromatic nitrogens is 2. The van der Waals surface area contributed by atoms with Gasteiger partial charge in [0.2, 0.25) is 0 Å². The number of aliphatic carboxylic acids is 1. The Bertz CT molecular complexity index is 1340. The average Bonchev–Trinajstić information content (AvgIpc) is 3.24. The molecular weight excluding hydrogens is 432 g/mol. The van der Waals surface area contributed by atoms with Crippen molar-refractivity contribution >= 4 is 28.5 Å². The number of benzene rings is 3. The first-order valence-electron chi connectivity index (χ1n) is 11.1. The lowest BCUT2D eigenvalue weighted by atomic mass is 9.96. The summed E-state index contributed by atoms with van der Waals surface area (Å²) in [7, 11) is 0. The van der Waals surface area contributed by atoms with E-state index in [0.29, 0.717) is 11.9 Å². The summed E-state index contributed by atoms with van der Waals surface area (Å²) in [5.41, 5.74) is 2.14. The highest BCUT2D eigenvalue weighted by Crippen LogP contribution is 2.43. The predicted octanol–water partition coefficient (Wildman–Crippen LogP) is 5.34. The summed E-state index contributed by atoms with van der Waals surface area (Å²) in [4.78, 5) is 26.1. The first kappa shape index (κ1) is 21.5. The van der Waals surface area contributed by atoms with E-state index in [2.05, 4.69) is 41.5 Å². The largest absolute Gasteiger partial charge is 0.481 e. The zero-order valence-electron chi connectivity index (χ0n) is 18.0. The van der Waals surface area contributed by atoms with Crippen LogP contribution >= 0.6 is 11.8 Å². The molecule has 0 spiro atoms. The zero-order chi connectivity index (χ0) is 22.8. The maximum atomic E-state index is 12.9. The monoisotopic (exact) mass is 456 g/mol. The molecule has 33 heavy (non-hydrogen) atoms. The fourth-order valence-electron chi connectivity index (χ4n) is 4.75. The molecule has 0 amide bonds. The number of carboxylic acid groups (broad SMARTS) is 1. The normalized spacial score (nSPS) is 20.2. The van der Waals surface area contributed by atoms with Crippen molar-refractivity contribution in [1.29, 1.82) is 0 Å². The third-order valence-corrected chi connectivity index (χ3v) is 7.81. The van der Waals surface area contributed by atoms with Crippen molar-refractivity contribution in [3.63, 3.8) is 0 Å². The first-order chi connectivity index (χ1) is 16.1. The Balaban J connectivity index is 1.33. The van der Waals surface area contributed by atoms with Gasteiger partial charge >= 0.3 is 5.97 Å². The summed E-state index contributed by atoms with van der Waals surface area (Å²) in [6.45, 7) is 0.324. The van der Waals surface area contributed by atoms with E-state index in [1.165, 1.54) is 4.68 Å². The molecular formula is C27H24N2O3S. The Labute approximate surface area is 196 Å². The van der Waals surface area contributed by atoms with E-state index in [1.54, 1.807) is 24.0 Å². The van der Waals surface area contributed by atoms with Crippen molar-refractivity contribution in [3.05, 3.63) is 95.4 Å². The SMILES string of the molecule is O=C(O)C1C(Cn2ncc3ccccc3c2=O)CCC1Sc1ccc(-c2ccccc2)cc1. The smallest absolute Gasteiger partial charge is 0.307 e. The summed E-state index contributed by atoms with van der Waals surface area (Å²) in [6, 6.07) is 25.8. The lowest BCUT2D eigenvalue weighted by Gasteiger charge is -2.21. The van der Waals surface area contributed by atoms with E-state index < -0.39 is 11.9 Å². The van der Waals surface area contributed by atoms with Gasteiger partial charge in [-0.2, -0.15) is 5.10 Å². The van der Waals surface area contributed by atoms with Gasteiger partial charge in [-0.25, -0.2) is 4.68 Å². The van der Waals surface area contributed by atoms with Gasteiger partial charge < -0.3 is 5.11 Å². The van der Waals surface area contributed by atoms with Crippen LogP contribution in [0.3, 0.4) is 0 Å². The molecule has 1 heterocycles. The molecule has 3 unspecified atom stereocenters. The molecule has 5 rings (SSSR count). The molecule has 6 heteroatoms. The molecule has 0 saturated heterocycles. The van der Waals surface area contributed by atoms with Gasteiger partial charge in [0.25, 0.3) is 5.56 Å². The molecule has 0 radical (unpaired) electrons. The van der Waals surface area contributed by atoms with Crippen LogP contribution in [0.5, 0.6) is 0 Å². The van der Waals surface area contributed by atoms with Gasteiger partial charge in [-0.3, -0.25) is 9.59 Å². The molecule has 5 nitrogen and oxygen atoms in total. The van der Waals surface area contributed by atoms with Gasteiger partial charge in [0, 0.05) is 22.1 Å². The number of rotatable bonds is 6. The molecule has 3 aromatic carbocycles. The molecule has 1 saturated carbocycles. The number of carbonyl (C=O) groups is 1. The zero-order valence-corrected chi connectivity index (χ0v) is 18.8.